The van der Waals surface area contributed by atoms with Crippen LogP contribution in [0.1, 0.15) is 0 Å². The second-order valence-corrected chi connectivity index (χ2v) is 3.48. The van der Waals surface area contributed by atoms with E-state index >= 15 is 0 Å². The molecule has 2 rings (SSSR count). The number of imidazole rings is 1. The van der Waals surface area contributed by atoms with Crippen LogP contribution in [0.4, 0.5) is 5.69 Å². The average Bonchev–Trinajstić information content (AvgIpc) is 2.42. The molecule has 2 aromatic rings. The summed E-state index contributed by atoms with van der Waals surface area (Å²) in [5, 5.41) is 0.436. The maximum atomic E-state index is 5.73. The molecule has 1 aromatic carbocycles. The summed E-state index contributed by atoms with van der Waals surface area (Å²) in [5.41, 5.74) is 3.00. The number of aromatic amines is 1. The van der Waals surface area contributed by atoms with Crippen molar-refractivity contribution in [3.63, 3.8) is 0 Å². The van der Waals surface area contributed by atoms with Gasteiger partial charge in [0.1, 0.15) is 0 Å². The molecule has 0 radical (unpaired) electrons. The van der Waals surface area contributed by atoms with Crippen molar-refractivity contribution in [1.29, 1.82) is 0 Å². The van der Waals surface area contributed by atoms with Gasteiger partial charge >= 0.3 is 0 Å². The summed E-state index contributed by atoms with van der Waals surface area (Å²) in [7, 11) is 4.00. The summed E-state index contributed by atoms with van der Waals surface area (Å²) >= 11 is 5.73. The number of rotatable bonds is 1. The first kappa shape index (κ1) is 8.38. The summed E-state index contributed by atoms with van der Waals surface area (Å²) in [6.45, 7) is 0. The molecule has 68 valence electrons. The summed E-state index contributed by atoms with van der Waals surface area (Å²) in [4.78, 5) is 9.12. The van der Waals surface area contributed by atoms with Crippen LogP contribution in [-0.2, 0) is 0 Å². The van der Waals surface area contributed by atoms with Crippen molar-refractivity contribution in [2.45, 2.75) is 0 Å². The quantitative estimate of drug-likeness (QED) is 0.757. The van der Waals surface area contributed by atoms with Crippen molar-refractivity contribution in [1.82, 2.24) is 9.97 Å². The van der Waals surface area contributed by atoms with Gasteiger partial charge in [0.25, 0.3) is 0 Å². The van der Waals surface area contributed by atoms with Gasteiger partial charge in [-0.1, -0.05) is 0 Å². The van der Waals surface area contributed by atoms with Crippen molar-refractivity contribution in [3.8, 4) is 0 Å². The number of nitrogens with one attached hydrogen (secondary N) is 1. The second-order valence-electron chi connectivity index (χ2n) is 3.12. The molecular formula is C9H10ClN3. The zero-order chi connectivity index (χ0) is 9.42. The summed E-state index contributed by atoms with van der Waals surface area (Å²) in [6.07, 6.45) is 0. The number of fused-ring (bicyclic) bond motifs is 1. The Labute approximate surface area is 81.3 Å². The smallest absolute Gasteiger partial charge is 0.201 e. The number of H-pyrrole nitrogens is 1. The van der Waals surface area contributed by atoms with Gasteiger partial charge in [0, 0.05) is 19.8 Å². The van der Waals surface area contributed by atoms with E-state index in [2.05, 4.69) is 9.97 Å². The standard InChI is InChI=1S/C9H10ClN3/c1-13(2)6-3-4-7-8(5-6)12-9(10)11-7/h3-5H,1-2H3,(H,11,12). The van der Waals surface area contributed by atoms with Crippen molar-refractivity contribution < 1.29 is 0 Å². The lowest BCUT2D eigenvalue weighted by Gasteiger charge is -2.11. The Morgan fingerprint density at radius 1 is 1.38 bits per heavy atom. The molecule has 0 amide bonds. The van der Waals surface area contributed by atoms with Crippen LogP contribution in [-0.4, -0.2) is 24.1 Å². The van der Waals surface area contributed by atoms with Gasteiger partial charge in [-0.15, -0.1) is 0 Å². The normalized spacial score (nSPS) is 10.7. The SMILES string of the molecule is CN(C)c1ccc2nc(Cl)[nH]c2c1. The molecule has 0 saturated heterocycles. The third kappa shape index (κ3) is 1.47. The van der Waals surface area contributed by atoms with Gasteiger partial charge in [0.2, 0.25) is 5.28 Å². The van der Waals surface area contributed by atoms with E-state index in [0.717, 1.165) is 16.7 Å². The zero-order valence-corrected chi connectivity index (χ0v) is 8.26. The topological polar surface area (TPSA) is 31.9 Å². The monoisotopic (exact) mass is 195 g/mol. The minimum Gasteiger partial charge on any atom is -0.378 e. The fourth-order valence-electron chi connectivity index (χ4n) is 1.24. The lowest BCUT2D eigenvalue weighted by atomic mass is 10.2. The van der Waals surface area contributed by atoms with Crippen LogP contribution in [0.25, 0.3) is 11.0 Å². The highest BCUT2D eigenvalue weighted by molar-refractivity contribution is 6.29. The van der Waals surface area contributed by atoms with Crippen LogP contribution in [0.5, 0.6) is 0 Å². The summed E-state index contributed by atoms with van der Waals surface area (Å²) in [6, 6.07) is 5.99. The van der Waals surface area contributed by atoms with Crippen LogP contribution in [0, 0.1) is 0 Å². The van der Waals surface area contributed by atoms with Gasteiger partial charge < -0.3 is 9.88 Å². The van der Waals surface area contributed by atoms with Crippen LogP contribution in [0.15, 0.2) is 18.2 Å². The van der Waals surface area contributed by atoms with Gasteiger partial charge in [0.05, 0.1) is 11.0 Å². The molecule has 0 aliphatic rings. The number of benzene rings is 1. The largest absolute Gasteiger partial charge is 0.378 e. The first-order valence-electron chi connectivity index (χ1n) is 3.99. The fraction of sp³-hybridized carbons (Fsp3) is 0.222. The highest BCUT2D eigenvalue weighted by atomic mass is 35.5. The van der Waals surface area contributed by atoms with Crippen molar-refractivity contribution >= 4 is 28.3 Å². The highest BCUT2D eigenvalue weighted by Gasteiger charge is 2.01. The predicted molar refractivity (Wildman–Crippen MR) is 55.4 cm³/mol. The Morgan fingerprint density at radius 2 is 2.15 bits per heavy atom. The molecule has 0 atom stereocenters. The van der Waals surface area contributed by atoms with Gasteiger partial charge in [-0.2, -0.15) is 0 Å². The average molecular weight is 196 g/mol. The molecule has 0 spiro atoms. The molecule has 0 aliphatic heterocycles. The van der Waals surface area contributed by atoms with E-state index in [1.807, 2.05) is 37.2 Å². The van der Waals surface area contributed by atoms with Gasteiger partial charge in [-0.3, -0.25) is 0 Å². The van der Waals surface area contributed by atoms with Gasteiger partial charge in [-0.05, 0) is 29.8 Å². The molecule has 0 unspecified atom stereocenters. The van der Waals surface area contributed by atoms with E-state index < -0.39 is 0 Å². The number of anilines is 1. The molecular weight excluding hydrogens is 186 g/mol. The number of hydrogen-bond acceptors (Lipinski definition) is 2. The first-order chi connectivity index (χ1) is 6.16. The highest BCUT2D eigenvalue weighted by Crippen LogP contribution is 2.20. The number of aromatic nitrogens is 2. The number of nitrogens with zero attached hydrogens (tertiary/aromatic N) is 2. The van der Waals surface area contributed by atoms with Gasteiger partial charge in [-0.25, -0.2) is 4.98 Å². The lowest BCUT2D eigenvalue weighted by Crippen LogP contribution is -2.07. The maximum Gasteiger partial charge on any atom is 0.201 e. The van der Waals surface area contributed by atoms with E-state index in [1.54, 1.807) is 0 Å². The van der Waals surface area contributed by atoms with Crippen LogP contribution in [0.2, 0.25) is 5.28 Å². The van der Waals surface area contributed by atoms with E-state index in [1.165, 1.54) is 0 Å². The van der Waals surface area contributed by atoms with Crippen molar-refractivity contribution in [3.05, 3.63) is 23.5 Å². The van der Waals surface area contributed by atoms with Crippen LogP contribution >= 0.6 is 11.6 Å². The Morgan fingerprint density at radius 3 is 2.85 bits per heavy atom. The summed E-state index contributed by atoms with van der Waals surface area (Å²) < 4.78 is 0. The van der Waals surface area contributed by atoms with Crippen LogP contribution in [0.3, 0.4) is 0 Å². The van der Waals surface area contributed by atoms with Crippen LogP contribution < -0.4 is 4.90 Å². The molecule has 1 heterocycles. The third-order valence-corrected chi connectivity index (χ3v) is 2.13. The molecule has 1 N–H and O–H groups in total. The third-order valence-electron chi connectivity index (χ3n) is 1.95. The molecule has 13 heavy (non-hydrogen) atoms. The van der Waals surface area contributed by atoms with E-state index in [0.29, 0.717) is 5.28 Å². The van der Waals surface area contributed by atoms with Gasteiger partial charge in [0.15, 0.2) is 0 Å². The Bertz CT molecular complexity index is 433. The molecule has 4 heteroatoms. The Hall–Kier alpha value is -1.22. The summed E-state index contributed by atoms with van der Waals surface area (Å²) in [5.74, 6) is 0. The minimum atomic E-state index is 0.436. The first-order valence-corrected chi connectivity index (χ1v) is 4.37. The molecule has 0 aliphatic carbocycles. The molecule has 3 nitrogen and oxygen atoms in total. The Balaban J connectivity index is 2.61. The van der Waals surface area contributed by atoms with E-state index in [9.17, 15) is 0 Å². The molecule has 0 bridgehead atoms. The second kappa shape index (κ2) is 2.92. The fourth-order valence-corrected chi connectivity index (χ4v) is 1.44. The number of halogens is 1. The Kier molecular flexibility index (Phi) is 1.88. The van der Waals surface area contributed by atoms with E-state index in [-0.39, 0.29) is 0 Å². The maximum absolute atomic E-state index is 5.73. The zero-order valence-electron chi connectivity index (χ0n) is 7.50. The minimum absolute atomic E-state index is 0.436. The van der Waals surface area contributed by atoms with Crippen molar-refractivity contribution in [2.24, 2.45) is 0 Å². The lowest BCUT2D eigenvalue weighted by molar-refractivity contribution is 1.13. The van der Waals surface area contributed by atoms with E-state index in [4.69, 9.17) is 11.6 Å². The van der Waals surface area contributed by atoms with Crippen molar-refractivity contribution in [2.75, 3.05) is 19.0 Å². The number of hydrogen-bond donors (Lipinski definition) is 1. The molecule has 1 aromatic heterocycles. The molecule has 0 saturated carbocycles. The predicted octanol–water partition coefficient (Wildman–Crippen LogP) is 2.28. The molecule has 0 fully saturated rings.